The molecule has 4 aliphatic rings. The average molecular weight is 579 g/mol. The lowest BCUT2D eigenvalue weighted by molar-refractivity contribution is -0.186. The molecule has 3 saturated carbocycles. The highest BCUT2D eigenvalue weighted by molar-refractivity contribution is 7.89. The minimum atomic E-state index is -3.87. The van der Waals surface area contributed by atoms with Gasteiger partial charge >= 0.3 is 12.1 Å². The van der Waals surface area contributed by atoms with Gasteiger partial charge < -0.3 is 9.84 Å². The molecule has 0 aromatic heterocycles. The molecule has 0 spiro atoms. The Labute approximate surface area is 242 Å². The number of aliphatic carboxylic acids is 1. The standard InChI is InChI=1S/C32H38N2O6S/c1-7-21-8-11-25(12-9-21)33-29(37)40-19-32-18-34(17-24(32)15-23-16-27(32)30(23,3)4)41(38,39)26-13-10-22(14-20(26)2)31(5,6)28(35)36/h1,8-14,23-24,27H,15-19H2,2-6H3,(H,33,37)(H,35,36)/t23-,24+,27+,32+/m0/s1. The highest BCUT2D eigenvalue weighted by atomic mass is 32.2. The van der Waals surface area contributed by atoms with Gasteiger partial charge in [0.2, 0.25) is 10.0 Å². The van der Waals surface area contributed by atoms with Crippen molar-refractivity contribution >= 4 is 27.8 Å². The molecule has 1 aliphatic heterocycles. The number of carboxylic acid groups (broad SMARTS) is 1. The van der Waals surface area contributed by atoms with Gasteiger partial charge in [0.05, 0.1) is 10.3 Å². The molecule has 1 heterocycles. The molecular weight excluding hydrogens is 540 g/mol. The number of ether oxygens (including phenoxy) is 1. The molecule has 2 aromatic rings. The van der Waals surface area contributed by atoms with Crippen molar-refractivity contribution in [3.05, 3.63) is 59.2 Å². The number of nitrogens with zero attached hydrogens (tertiary/aromatic N) is 1. The fraction of sp³-hybridized carbons (Fsp3) is 0.500. The molecule has 2 N–H and O–H groups in total. The van der Waals surface area contributed by atoms with Gasteiger partial charge in [0.15, 0.2) is 0 Å². The van der Waals surface area contributed by atoms with Gasteiger partial charge in [-0.05, 0) is 98.2 Å². The molecule has 4 atom stereocenters. The van der Waals surface area contributed by atoms with Crippen LogP contribution in [0, 0.1) is 47.9 Å². The zero-order chi connectivity index (χ0) is 30.0. The van der Waals surface area contributed by atoms with E-state index in [9.17, 15) is 23.1 Å². The molecule has 1 amide bonds. The number of nitrogens with one attached hydrogen (secondary N) is 1. The summed E-state index contributed by atoms with van der Waals surface area (Å²) >= 11 is 0. The highest BCUT2D eigenvalue weighted by Crippen LogP contribution is 2.70. The summed E-state index contributed by atoms with van der Waals surface area (Å²) in [7, 11) is -3.87. The zero-order valence-corrected chi connectivity index (χ0v) is 25.0. The van der Waals surface area contributed by atoms with Crippen molar-refractivity contribution in [2.45, 2.75) is 57.8 Å². The average Bonchev–Trinajstić information content (AvgIpc) is 3.33. The summed E-state index contributed by atoms with van der Waals surface area (Å²) in [5, 5.41) is 12.4. The fourth-order valence-corrected chi connectivity index (χ4v) is 9.20. The van der Waals surface area contributed by atoms with Crippen LogP contribution in [-0.2, 0) is 25.0 Å². The molecule has 1 saturated heterocycles. The molecule has 6 rings (SSSR count). The second-order valence-electron chi connectivity index (χ2n) is 13.1. The van der Waals surface area contributed by atoms with Crippen LogP contribution in [0.15, 0.2) is 47.4 Å². The third-order valence-electron chi connectivity index (χ3n) is 10.3. The van der Waals surface area contributed by atoms with Crippen LogP contribution in [0.1, 0.15) is 57.2 Å². The van der Waals surface area contributed by atoms with E-state index in [0.29, 0.717) is 34.8 Å². The van der Waals surface area contributed by atoms with Crippen molar-refractivity contribution in [3.8, 4) is 12.3 Å². The van der Waals surface area contributed by atoms with Crippen molar-refractivity contribution in [1.82, 2.24) is 4.31 Å². The monoisotopic (exact) mass is 578 g/mol. The van der Waals surface area contributed by atoms with Crippen LogP contribution >= 0.6 is 0 Å². The molecule has 4 fully saturated rings. The summed E-state index contributed by atoms with van der Waals surface area (Å²) in [5.74, 6) is 2.37. The molecule has 2 bridgehead atoms. The summed E-state index contributed by atoms with van der Waals surface area (Å²) < 4.78 is 35.4. The van der Waals surface area contributed by atoms with Gasteiger partial charge in [0.25, 0.3) is 0 Å². The number of aryl methyl sites for hydroxylation is 1. The molecule has 41 heavy (non-hydrogen) atoms. The Morgan fingerprint density at radius 3 is 2.41 bits per heavy atom. The Hall–Kier alpha value is -3.35. The molecule has 8 nitrogen and oxygen atoms in total. The molecule has 9 heteroatoms. The third kappa shape index (κ3) is 4.71. The Kier molecular flexibility index (Phi) is 7.03. The van der Waals surface area contributed by atoms with Crippen molar-refractivity contribution in [3.63, 3.8) is 0 Å². The maximum Gasteiger partial charge on any atom is 0.411 e. The summed E-state index contributed by atoms with van der Waals surface area (Å²) in [6, 6.07) is 11.7. The number of carboxylic acids is 1. The smallest absolute Gasteiger partial charge is 0.411 e. The highest BCUT2D eigenvalue weighted by Gasteiger charge is 2.68. The number of hydrogen-bond acceptors (Lipinski definition) is 5. The number of carbonyl (C=O) groups is 2. The van der Waals surface area contributed by atoms with Crippen LogP contribution in [0.3, 0.4) is 0 Å². The second-order valence-corrected chi connectivity index (χ2v) is 15.0. The third-order valence-corrected chi connectivity index (χ3v) is 12.2. The molecule has 0 unspecified atom stereocenters. The largest absolute Gasteiger partial charge is 0.481 e. The summed E-state index contributed by atoms with van der Waals surface area (Å²) in [6.45, 7) is 10.1. The Morgan fingerprint density at radius 2 is 1.83 bits per heavy atom. The van der Waals surface area contributed by atoms with E-state index in [2.05, 4.69) is 25.1 Å². The molecule has 3 aliphatic carbocycles. The Balaban J connectivity index is 1.39. The number of rotatable bonds is 7. The number of terminal acetylenes is 1. The normalized spacial score (nSPS) is 26.8. The maximum absolute atomic E-state index is 14.0. The van der Waals surface area contributed by atoms with E-state index in [4.69, 9.17) is 11.2 Å². The van der Waals surface area contributed by atoms with Crippen LogP contribution in [-0.4, -0.2) is 49.6 Å². The molecule has 2 aromatic carbocycles. The number of sulfonamides is 1. The first-order valence-corrected chi connectivity index (χ1v) is 15.4. The summed E-state index contributed by atoms with van der Waals surface area (Å²) in [4.78, 5) is 24.8. The number of amides is 1. The predicted molar refractivity (Wildman–Crippen MR) is 156 cm³/mol. The van der Waals surface area contributed by atoms with Crippen LogP contribution < -0.4 is 5.32 Å². The van der Waals surface area contributed by atoms with Crippen LogP contribution in [0.4, 0.5) is 10.5 Å². The van der Waals surface area contributed by atoms with Crippen molar-refractivity contribution in [1.29, 1.82) is 0 Å². The summed E-state index contributed by atoms with van der Waals surface area (Å²) in [5.41, 5.74) is 0.721. The minimum Gasteiger partial charge on any atom is -0.481 e. The number of hydrogen-bond donors (Lipinski definition) is 2. The molecular formula is C32H38N2O6S. The van der Waals surface area contributed by atoms with Gasteiger partial charge in [0, 0.05) is 29.8 Å². The predicted octanol–water partition coefficient (Wildman–Crippen LogP) is 5.26. The number of benzene rings is 2. The second kappa shape index (κ2) is 9.88. The van der Waals surface area contributed by atoms with E-state index in [1.165, 1.54) is 6.07 Å². The van der Waals surface area contributed by atoms with Gasteiger partial charge in [-0.1, -0.05) is 31.9 Å². The van der Waals surface area contributed by atoms with Crippen molar-refractivity contribution < 1.29 is 27.9 Å². The fourth-order valence-electron chi connectivity index (χ4n) is 7.43. The van der Waals surface area contributed by atoms with E-state index in [1.807, 2.05) is 0 Å². The van der Waals surface area contributed by atoms with Gasteiger partial charge in [-0.3, -0.25) is 10.1 Å². The summed E-state index contributed by atoms with van der Waals surface area (Å²) in [6.07, 6.45) is 6.71. The van der Waals surface area contributed by atoms with E-state index >= 15 is 0 Å². The topological polar surface area (TPSA) is 113 Å². The van der Waals surface area contributed by atoms with Crippen molar-refractivity contribution in [2.24, 2.45) is 28.6 Å². The Morgan fingerprint density at radius 1 is 1.15 bits per heavy atom. The van der Waals surface area contributed by atoms with E-state index in [-0.39, 0.29) is 35.3 Å². The first-order valence-electron chi connectivity index (χ1n) is 14.0. The molecule has 0 radical (unpaired) electrons. The maximum atomic E-state index is 14.0. The first-order chi connectivity index (χ1) is 19.1. The van der Waals surface area contributed by atoms with Crippen molar-refractivity contribution in [2.75, 3.05) is 25.0 Å². The lowest BCUT2D eigenvalue weighted by Crippen LogP contribution is -2.63. The lowest BCUT2D eigenvalue weighted by atomic mass is 9.39. The number of anilines is 1. The number of carbonyl (C=O) groups excluding carboxylic acids is 1. The molecule has 218 valence electrons. The van der Waals surface area contributed by atoms with Crippen LogP contribution in [0.5, 0.6) is 0 Å². The SMILES string of the molecule is C#Cc1ccc(NC(=O)OC[C@]23CN(S(=O)(=O)c4ccc(C(C)(C)C(=O)O)cc4C)C[C@H]2C[C@H]2C[C@@H]3C2(C)C)cc1. The van der Waals surface area contributed by atoms with Crippen LogP contribution in [0.2, 0.25) is 0 Å². The first kappa shape index (κ1) is 29.2. The lowest BCUT2D eigenvalue weighted by Gasteiger charge is -2.66. The van der Waals surface area contributed by atoms with Gasteiger partial charge in [-0.25, -0.2) is 13.2 Å². The van der Waals surface area contributed by atoms with E-state index in [1.54, 1.807) is 61.5 Å². The zero-order valence-electron chi connectivity index (χ0n) is 24.2. The minimum absolute atomic E-state index is 0.0289. The van der Waals surface area contributed by atoms with E-state index < -0.39 is 32.9 Å². The Bertz CT molecular complexity index is 1540. The quantitative estimate of drug-likeness (QED) is 0.434. The van der Waals surface area contributed by atoms with Crippen LogP contribution in [0.25, 0.3) is 0 Å². The van der Waals surface area contributed by atoms with Gasteiger partial charge in [0.1, 0.15) is 6.61 Å². The van der Waals surface area contributed by atoms with Gasteiger partial charge in [-0.15, -0.1) is 6.42 Å². The van der Waals surface area contributed by atoms with E-state index in [0.717, 1.165) is 12.8 Å². The van der Waals surface area contributed by atoms with Gasteiger partial charge in [-0.2, -0.15) is 4.31 Å².